The number of esters is 1. The molecule has 0 saturated heterocycles. The van der Waals surface area contributed by atoms with Crippen LogP contribution in [0.25, 0.3) is 0 Å². The molecule has 0 bridgehead atoms. The summed E-state index contributed by atoms with van der Waals surface area (Å²) in [7, 11) is 0. The van der Waals surface area contributed by atoms with Crippen molar-refractivity contribution in [2.75, 3.05) is 11.9 Å². The Morgan fingerprint density at radius 3 is 2.59 bits per heavy atom. The number of anilines is 1. The molecule has 7 heteroatoms. The Balaban J connectivity index is 1.70. The Kier molecular flexibility index (Phi) is 7.28. The van der Waals surface area contributed by atoms with Crippen molar-refractivity contribution in [2.45, 2.75) is 32.8 Å². The summed E-state index contributed by atoms with van der Waals surface area (Å²) < 4.78 is 36.6. The third-order valence-corrected chi connectivity index (χ3v) is 3.65. The van der Waals surface area contributed by atoms with Crippen LogP contribution in [-0.2, 0) is 14.3 Å². The lowest BCUT2D eigenvalue weighted by atomic mass is 10.2. The molecule has 2 aromatic rings. The van der Waals surface area contributed by atoms with Gasteiger partial charge in [-0.2, -0.15) is 0 Å². The summed E-state index contributed by atoms with van der Waals surface area (Å²) in [4.78, 5) is 23.8. The third-order valence-electron chi connectivity index (χ3n) is 3.65. The molecule has 27 heavy (non-hydrogen) atoms. The Hall–Kier alpha value is -2.96. The summed E-state index contributed by atoms with van der Waals surface area (Å²) in [5.74, 6) is -2.55. The van der Waals surface area contributed by atoms with Crippen molar-refractivity contribution in [3.63, 3.8) is 0 Å². The number of hydrogen-bond donors (Lipinski definition) is 1. The average Bonchev–Trinajstić information content (AvgIpc) is 2.62. The molecule has 0 aliphatic heterocycles. The van der Waals surface area contributed by atoms with Crippen LogP contribution in [0.3, 0.4) is 0 Å². The van der Waals surface area contributed by atoms with Gasteiger partial charge < -0.3 is 14.8 Å². The van der Waals surface area contributed by atoms with E-state index in [0.717, 1.165) is 23.4 Å². The molecule has 0 unspecified atom stereocenters. The number of halogens is 2. The lowest BCUT2D eigenvalue weighted by Gasteiger charge is -2.14. The van der Waals surface area contributed by atoms with Crippen LogP contribution in [0.1, 0.15) is 25.3 Å². The summed E-state index contributed by atoms with van der Waals surface area (Å²) in [6.07, 6.45) is -0.540. The van der Waals surface area contributed by atoms with Gasteiger partial charge in [-0.15, -0.1) is 0 Å². The normalized spacial score (nSPS) is 11.6. The highest BCUT2D eigenvalue weighted by Crippen LogP contribution is 2.14. The van der Waals surface area contributed by atoms with Crippen molar-refractivity contribution >= 4 is 17.6 Å². The minimum atomic E-state index is -1.08. The molecule has 0 aliphatic rings. The monoisotopic (exact) mass is 377 g/mol. The first-order chi connectivity index (χ1) is 12.8. The number of carbonyl (C=O) groups excluding carboxylic acids is 2. The lowest BCUT2D eigenvalue weighted by molar-refractivity contribution is -0.153. The number of benzene rings is 2. The van der Waals surface area contributed by atoms with Crippen LogP contribution < -0.4 is 10.1 Å². The highest BCUT2D eigenvalue weighted by Gasteiger charge is 2.18. The van der Waals surface area contributed by atoms with E-state index in [4.69, 9.17) is 9.47 Å². The Labute approximate surface area is 156 Å². The van der Waals surface area contributed by atoms with Crippen LogP contribution in [0.4, 0.5) is 14.5 Å². The van der Waals surface area contributed by atoms with Crippen molar-refractivity contribution in [3.05, 3.63) is 59.7 Å². The predicted molar refractivity (Wildman–Crippen MR) is 96.4 cm³/mol. The highest BCUT2D eigenvalue weighted by atomic mass is 19.2. The van der Waals surface area contributed by atoms with E-state index in [2.05, 4.69) is 5.32 Å². The molecule has 0 aromatic heterocycles. The van der Waals surface area contributed by atoms with Gasteiger partial charge in [0.25, 0.3) is 5.91 Å². The van der Waals surface area contributed by atoms with Gasteiger partial charge in [0.05, 0.1) is 6.61 Å². The lowest BCUT2D eigenvalue weighted by Crippen LogP contribution is -2.30. The summed E-state index contributed by atoms with van der Waals surface area (Å²) in [5, 5.41) is 2.36. The number of nitrogens with one attached hydrogen (secondary N) is 1. The first-order valence-electron chi connectivity index (χ1n) is 8.50. The minimum absolute atomic E-state index is 0.0772. The fourth-order valence-corrected chi connectivity index (χ4v) is 2.24. The van der Waals surface area contributed by atoms with Crippen molar-refractivity contribution in [1.29, 1.82) is 0 Å². The van der Waals surface area contributed by atoms with E-state index >= 15 is 0 Å². The maximum atomic E-state index is 13.1. The zero-order valence-corrected chi connectivity index (χ0v) is 15.1. The highest BCUT2D eigenvalue weighted by molar-refractivity contribution is 5.95. The first kappa shape index (κ1) is 20.4. The second-order valence-corrected chi connectivity index (χ2v) is 6.02. The number of carbonyl (C=O) groups is 2. The van der Waals surface area contributed by atoms with Crippen LogP contribution >= 0.6 is 0 Å². The number of amides is 1. The molecule has 0 fully saturated rings. The summed E-state index contributed by atoms with van der Waals surface area (Å²) in [6, 6.07) is 10.5. The van der Waals surface area contributed by atoms with Gasteiger partial charge in [-0.1, -0.05) is 12.1 Å². The van der Waals surface area contributed by atoms with Gasteiger partial charge in [-0.25, -0.2) is 8.78 Å². The number of ether oxygens (including phenoxy) is 2. The zero-order chi connectivity index (χ0) is 19.8. The molecule has 1 N–H and O–H groups in total. The predicted octanol–water partition coefficient (Wildman–Crippen LogP) is 4.00. The van der Waals surface area contributed by atoms with E-state index < -0.39 is 29.6 Å². The summed E-state index contributed by atoms with van der Waals surface area (Å²) in [6.45, 7) is 3.70. The van der Waals surface area contributed by atoms with Gasteiger partial charge in [0.15, 0.2) is 17.7 Å². The Morgan fingerprint density at radius 1 is 1.11 bits per heavy atom. The first-order valence-corrected chi connectivity index (χ1v) is 8.50. The number of rotatable bonds is 8. The molecule has 1 amide bonds. The average molecular weight is 377 g/mol. The topological polar surface area (TPSA) is 64.6 Å². The SMILES string of the molecule is Cc1cccc(OCCCC(=O)O[C@@H](C)C(=O)Nc2ccc(F)c(F)c2)c1. The third kappa shape index (κ3) is 6.69. The van der Waals surface area contributed by atoms with Crippen LogP contribution in [0.5, 0.6) is 5.75 Å². The van der Waals surface area contributed by atoms with E-state index in [1.165, 1.54) is 13.0 Å². The molecule has 2 rings (SSSR count). The fraction of sp³-hybridized carbons (Fsp3) is 0.300. The van der Waals surface area contributed by atoms with Crippen molar-refractivity contribution in [2.24, 2.45) is 0 Å². The molecular formula is C20H21F2NO4. The molecule has 2 aromatic carbocycles. The van der Waals surface area contributed by atoms with Gasteiger partial charge in [-0.05, 0) is 50.1 Å². The van der Waals surface area contributed by atoms with Crippen molar-refractivity contribution < 1.29 is 27.8 Å². The van der Waals surface area contributed by atoms with Gasteiger partial charge >= 0.3 is 5.97 Å². The summed E-state index contributed by atoms with van der Waals surface area (Å²) >= 11 is 0. The smallest absolute Gasteiger partial charge is 0.306 e. The second-order valence-electron chi connectivity index (χ2n) is 6.02. The Bertz CT molecular complexity index is 810. The minimum Gasteiger partial charge on any atom is -0.494 e. The van der Waals surface area contributed by atoms with Crippen molar-refractivity contribution in [1.82, 2.24) is 0 Å². The van der Waals surface area contributed by atoms with E-state index in [9.17, 15) is 18.4 Å². The Morgan fingerprint density at radius 2 is 1.89 bits per heavy atom. The molecule has 0 radical (unpaired) electrons. The maximum Gasteiger partial charge on any atom is 0.306 e. The maximum absolute atomic E-state index is 13.1. The quantitative estimate of drug-likeness (QED) is 0.558. The van der Waals surface area contributed by atoms with Crippen LogP contribution in [-0.4, -0.2) is 24.6 Å². The standard InChI is InChI=1S/C20H21F2NO4/c1-13-5-3-6-16(11-13)26-10-4-7-19(24)27-14(2)20(25)23-15-8-9-17(21)18(22)12-15/h3,5-6,8-9,11-12,14H,4,7,10H2,1-2H3,(H,23,25)/t14-/m0/s1. The molecule has 1 atom stereocenters. The van der Waals surface area contributed by atoms with Crippen LogP contribution in [0.2, 0.25) is 0 Å². The van der Waals surface area contributed by atoms with Gasteiger partial charge in [0.2, 0.25) is 0 Å². The van der Waals surface area contributed by atoms with E-state index in [1.807, 2.05) is 31.2 Å². The molecule has 0 saturated carbocycles. The largest absolute Gasteiger partial charge is 0.494 e. The molecule has 0 spiro atoms. The van der Waals surface area contributed by atoms with E-state index in [-0.39, 0.29) is 12.1 Å². The van der Waals surface area contributed by atoms with Crippen LogP contribution in [0.15, 0.2) is 42.5 Å². The van der Waals surface area contributed by atoms with Crippen LogP contribution in [0, 0.1) is 18.6 Å². The molecular weight excluding hydrogens is 356 g/mol. The van der Waals surface area contributed by atoms with E-state index in [0.29, 0.717) is 13.0 Å². The van der Waals surface area contributed by atoms with Gasteiger partial charge in [0, 0.05) is 18.2 Å². The molecule has 0 aliphatic carbocycles. The molecule has 0 heterocycles. The molecule has 5 nitrogen and oxygen atoms in total. The summed E-state index contributed by atoms with van der Waals surface area (Å²) in [5.41, 5.74) is 1.15. The number of aryl methyl sites for hydroxylation is 1. The fourth-order valence-electron chi connectivity index (χ4n) is 2.24. The number of hydrogen-bond acceptors (Lipinski definition) is 4. The second kappa shape index (κ2) is 9.66. The van der Waals surface area contributed by atoms with Gasteiger partial charge in [0.1, 0.15) is 5.75 Å². The van der Waals surface area contributed by atoms with Gasteiger partial charge in [-0.3, -0.25) is 9.59 Å². The van der Waals surface area contributed by atoms with E-state index in [1.54, 1.807) is 0 Å². The molecule has 144 valence electrons. The van der Waals surface area contributed by atoms with Crippen molar-refractivity contribution in [3.8, 4) is 5.75 Å². The zero-order valence-electron chi connectivity index (χ0n) is 15.1.